The zero-order chi connectivity index (χ0) is 11.4. The summed E-state index contributed by atoms with van der Waals surface area (Å²) < 4.78 is 0. The molecule has 1 N–H and O–H groups in total. The quantitative estimate of drug-likeness (QED) is 0.865. The number of aromatic nitrogens is 1. The van der Waals surface area contributed by atoms with Gasteiger partial charge >= 0.3 is 0 Å². The number of nitrogens with zero attached hydrogens (tertiary/aromatic N) is 1. The Kier molecular flexibility index (Phi) is 3.57. The molecule has 3 heteroatoms. The van der Waals surface area contributed by atoms with Gasteiger partial charge in [-0.1, -0.05) is 32.0 Å². The second kappa shape index (κ2) is 5.12. The zero-order valence-corrected chi connectivity index (χ0v) is 10.4. The fraction of sp³-hybridized carbons (Fsp3) is 0.308. The number of hydrogen-bond acceptors (Lipinski definition) is 3. The summed E-state index contributed by atoms with van der Waals surface area (Å²) in [5.41, 5.74) is 1.14. The van der Waals surface area contributed by atoms with Crippen LogP contribution < -0.4 is 5.32 Å². The monoisotopic (exact) mass is 232 g/mol. The summed E-state index contributed by atoms with van der Waals surface area (Å²) in [5.74, 6) is 0.572. The van der Waals surface area contributed by atoms with Crippen molar-refractivity contribution in [3.8, 4) is 0 Å². The van der Waals surface area contributed by atoms with Crippen molar-refractivity contribution >= 4 is 17.0 Å². The molecule has 16 heavy (non-hydrogen) atoms. The topological polar surface area (TPSA) is 24.9 Å². The van der Waals surface area contributed by atoms with Crippen molar-refractivity contribution in [1.82, 2.24) is 4.98 Å². The Hall–Kier alpha value is -1.35. The highest BCUT2D eigenvalue weighted by molar-refractivity contribution is 7.11. The van der Waals surface area contributed by atoms with Crippen LogP contribution >= 0.6 is 11.3 Å². The van der Waals surface area contributed by atoms with Gasteiger partial charge in [-0.15, -0.1) is 11.3 Å². The van der Waals surface area contributed by atoms with Crippen LogP contribution in [0.5, 0.6) is 0 Å². The largest absolute Gasteiger partial charge is 0.379 e. The van der Waals surface area contributed by atoms with Gasteiger partial charge in [0.2, 0.25) is 0 Å². The average Bonchev–Trinajstić information content (AvgIpc) is 2.76. The van der Waals surface area contributed by atoms with Crippen LogP contribution in [0.15, 0.2) is 36.5 Å². The Morgan fingerprint density at radius 1 is 1.25 bits per heavy atom. The maximum atomic E-state index is 4.41. The van der Waals surface area contributed by atoms with E-state index < -0.39 is 0 Å². The summed E-state index contributed by atoms with van der Waals surface area (Å²) in [5, 5.41) is 4.51. The first kappa shape index (κ1) is 11.1. The Labute approximate surface area is 100 Å². The van der Waals surface area contributed by atoms with Gasteiger partial charge in [-0.3, -0.25) is 0 Å². The van der Waals surface area contributed by atoms with Gasteiger partial charge in [0.15, 0.2) is 0 Å². The molecule has 1 aromatic carbocycles. The van der Waals surface area contributed by atoms with Gasteiger partial charge in [-0.25, -0.2) is 4.98 Å². The molecule has 1 heterocycles. The summed E-state index contributed by atoms with van der Waals surface area (Å²) in [4.78, 5) is 5.76. The molecular formula is C13H16N2S. The Morgan fingerprint density at radius 2 is 2.00 bits per heavy atom. The molecule has 0 bridgehead atoms. The van der Waals surface area contributed by atoms with E-state index in [1.807, 2.05) is 24.4 Å². The minimum atomic E-state index is 0.572. The van der Waals surface area contributed by atoms with Crippen LogP contribution in [0.4, 0.5) is 5.69 Å². The van der Waals surface area contributed by atoms with Crippen LogP contribution in [0.1, 0.15) is 29.7 Å². The van der Waals surface area contributed by atoms with Gasteiger partial charge in [-0.05, 0) is 18.1 Å². The van der Waals surface area contributed by atoms with Crippen LogP contribution in [0.3, 0.4) is 0 Å². The minimum Gasteiger partial charge on any atom is -0.379 e. The molecule has 0 saturated carbocycles. The smallest absolute Gasteiger partial charge is 0.112 e. The van der Waals surface area contributed by atoms with Crippen LogP contribution in [0, 0.1) is 0 Å². The van der Waals surface area contributed by atoms with E-state index in [4.69, 9.17) is 0 Å². The molecule has 0 fully saturated rings. The highest BCUT2D eigenvalue weighted by Crippen LogP contribution is 2.22. The maximum absolute atomic E-state index is 4.41. The number of rotatable bonds is 4. The Balaban J connectivity index is 1.95. The summed E-state index contributed by atoms with van der Waals surface area (Å²) in [6.07, 6.45) is 1.98. The normalized spacial score (nSPS) is 10.7. The molecule has 0 unspecified atom stereocenters. The highest BCUT2D eigenvalue weighted by atomic mass is 32.1. The molecule has 0 aliphatic carbocycles. The molecule has 0 amide bonds. The van der Waals surface area contributed by atoms with Gasteiger partial charge < -0.3 is 5.32 Å². The molecule has 0 aliphatic rings. The van der Waals surface area contributed by atoms with E-state index in [0.29, 0.717) is 5.92 Å². The zero-order valence-electron chi connectivity index (χ0n) is 9.60. The molecule has 1 aromatic heterocycles. The molecule has 2 nitrogen and oxygen atoms in total. The minimum absolute atomic E-state index is 0.572. The number of para-hydroxylation sites is 1. The van der Waals surface area contributed by atoms with Gasteiger partial charge in [0, 0.05) is 16.8 Å². The summed E-state index contributed by atoms with van der Waals surface area (Å²) in [7, 11) is 0. The Bertz CT molecular complexity index is 434. The third kappa shape index (κ3) is 2.83. The van der Waals surface area contributed by atoms with E-state index in [-0.39, 0.29) is 0 Å². The lowest BCUT2D eigenvalue weighted by molar-refractivity contribution is 0.885. The molecule has 0 saturated heterocycles. The second-order valence-electron chi connectivity index (χ2n) is 4.03. The summed E-state index contributed by atoms with van der Waals surface area (Å²) >= 11 is 1.79. The van der Waals surface area contributed by atoms with Crippen molar-refractivity contribution in [3.63, 3.8) is 0 Å². The van der Waals surface area contributed by atoms with Crippen LogP contribution in [-0.2, 0) is 6.54 Å². The molecule has 0 radical (unpaired) electrons. The van der Waals surface area contributed by atoms with Crippen molar-refractivity contribution in [2.75, 3.05) is 5.32 Å². The molecular weight excluding hydrogens is 216 g/mol. The summed E-state index contributed by atoms with van der Waals surface area (Å²) in [6.45, 7) is 5.20. The van der Waals surface area contributed by atoms with Crippen molar-refractivity contribution in [1.29, 1.82) is 0 Å². The van der Waals surface area contributed by atoms with Crippen LogP contribution in [0.2, 0.25) is 0 Å². The molecule has 2 rings (SSSR count). The summed E-state index contributed by atoms with van der Waals surface area (Å²) in [6, 6.07) is 10.2. The number of hydrogen-bond donors (Lipinski definition) is 1. The van der Waals surface area contributed by atoms with Gasteiger partial charge in [0.25, 0.3) is 0 Å². The van der Waals surface area contributed by atoms with Crippen molar-refractivity contribution in [2.45, 2.75) is 26.3 Å². The van der Waals surface area contributed by atoms with E-state index in [1.165, 1.54) is 4.88 Å². The first-order valence-corrected chi connectivity index (χ1v) is 6.31. The maximum Gasteiger partial charge on any atom is 0.112 e. The lowest BCUT2D eigenvalue weighted by atomic mass is 10.2. The van der Waals surface area contributed by atoms with Crippen LogP contribution in [0.25, 0.3) is 0 Å². The van der Waals surface area contributed by atoms with Crippen molar-refractivity contribution in [2.24, 2.45) is 0 Å². The van der Waals surface area contributed by atoms with E-state index >= 15 is 0 Å². The second-order valence-corrected chi connectivity index (χ2v) is 5.18. The standard InChI is InChI=1S/C13H16N2S/c1-10(2)12-8-15-13(16-12)9-14-11-6-4-3-5-7-11/h3-8,10,14H,9H2,1-2H3. The fourth-order valence-electron chi connectivity index (χ4n) is 1.41. The lowest BCUT2D eigenvalue weighted by Gasteiger charge is -2.02. The molecule has 0 spiro atoms. The van der Waals surface area contributed by atoms with Crippen molar-refractivity contribution < 1.29 is 0 Å². The third-order valence-electron chi connectivity index (χ3n) is 2.36. The van der Waals surface area contributed by atoms with Gasteiger partial charge in [0.1, 0.15) is 5.01 Å². The molecule has 0 aliphatic heterocycles. The number of thiazole rings is 1. The molecule has 2 aromatic rings. The Morgan fingerprint density at radius 3 is 2.62 bits per heavy atom. The predicted octanol–water partition coefficient (Wildman–Crippen LogP) is 3.88. The predicted molar refractivity (Wildman–Crippen MR) is 70.0 cm³/mol. The molecule has 0 atom stereocenters. The fourth-order valence-corrected chi connectivity index (χ4v) is 2.27. The van der Waals surface area contributed by atoms with Gasteiger partial charge in [0.05, 0.1) is 6.54 Å². The SMILES string of the molecule is CC(C)c1cnc(CNc2ccccc2)s1. The van der Waals surface area contributed by atoms with Gasteiger partial charge in [-0.2, -0.15) is 0 Å². The average molecular weight is 232 g/mol. The first-order valence-electron chi connectivity index (χ1n) is 5.49. The van der Waals surface area contributed by atoms with E-state index in [0.717, 1.165) is 17.2 Å². The van der Waals surface area contributed by atoms with Crippen LogP contribution in [-0.4, -0.2) is 4.98 Å². The van der Waals surface area contributed by atoms with Crippen molar-refractivity contribution in [3.05, 3.63) is 46.4 Å². The number of nitrogens with one attached hydrogen (secondary N) is 1. The molecule has 84 valence electrons. The van der Waals surface area contributed by atoms with E-state index in [2.05, 4.69) is 36.3 Å². The van der Waals surface area contributed by atoms with E-state index in [9.17, 15) is 0 Å². The number of anilines is 1. The highest BCUT2D eigenvalue weighted by Gasteiger charge is 2.04. The first-order chi connectivity index (χ1) is 7.75. The lowest BCUT2D eigenvalue weighted by Crippen LogP contribution is -1.97. The number of benzene rings is 1. The van der Waals surface area contributed by atoms with E-state index in [1.54, 1.807) is 11.3 Å². The third-order valence-corrected chi connectivity index (χ3v) is 3.66.